The maximum atomic E-state index is 14.0. The zero-order chi connectivity index (χ0) is 25.8. The third-order valence-corrected chi connectivity index (χ3v) is 7.39. The molecule has 2 saturated heterocycles. The lowest BCUT2D eigenvalue weighted by Crippen LogP contribution is -2.44. The Labute approximate surface area is 216 Å². The van der Waals surface area contributed by atoms with Crippen LogP contribution >= 0.6 is 0 Å². The SMILES string of the molecule is Cc1ccccc1[C@@]1(CC(=O)N2CCCN(c3ncccn3)CC2)CC(=O)N(Cc2ccccc2)C1=O. The molecular formula is C29H31N5O3. The Morgan fingerprint density at radius 1 is 0.892 bits per heavy atom. The predicted molar refractivity (Wildman–Crippen MR) is 140 cm³/mol. The Kier molecular flexibility index (Phi) is 6.99. The summed E-state index contributed by atoms with van der Waals surface area (Å²) >= 11 is 0. The number of rotatable bonds is 6. The minimum Gasteiger partial charge on any atom is -0.341 e. The molecule has 3 aromatic rings. The van der Waals surface area contributed by atoms with Crippen LogP contribution in [0.25, 0.3) is 0 Å². The molecule has 0 saturated carbocycles. The third kappa shape index (κ3) is 4.96. The predicted octanol–water partition coefficient (Wildman–Crippen LogP) is 3.11. The molecule has 190 valence electrons. The summed E-state index contributed by atoms with van der Waals surface area (Å²) in [6.07, 6.45) is 4.16. The highest BCUT2D eigenvalue weighted by Crippen LogP contribution is 2.42. The highest BCUT2D eigenvalue weighted by atomic mass is 16.2. The summed E-state index contributed by atoms with van der Waals surface area (Å²) in [4.78, 5) is 54.9. The van der Waals surface area contributed by atoms with E-state index in [4.69, 9.17) is 0 Å². The number of likely N-dealkylation sites (tertiary alicyclic amines) is 1. The number of benzene rings is 2. The molecule has 8 nitrogen and oxygen atoms in total. The zero-order valence-electron chi connectivity index (χ0n) is 21.0. The van der Waals surface area contributed by atoms with Gasteiger partial charge in [0, 0.05) is 51.4 Å². The maximum Gasteiger partial charge on any atom is 0.241 e. The average molecular weight is 498 g/mol. The van der Waals surface area contributed by atoms with Crippen LogP contribution in [0.2, 0.25) is 0 Å². The lowest BCUT2D eigenvalue weighted by Gasteiger charge is -2.31. The fraction of sp³-hybridized carbons (Fsp3) is 0.345. The first-order valence-electron chi connectivity index (χ1n) is 12.7. The van der Waals surface area contributed by atoms with Gasteiger partial charge in [0.05, 0.1) is 12.0 Å². The molecule has 2 aliphatic heterocycles. The van der Waals surface area contributed by atoms with E-state index >= 15 is 0 Å². The zero-order valence-corrected chi connectivity index (χ0v) is 21.0. The normalized spacial score (nSPS) is 20.3. The minimum absolute atomic E-state index is 0.00686. The molecule has 0 radical (unpaired) electrons. The number of carbonyl (C=O) groups excluding carboxylic acids is 3. The van der Waals surface area contributed by atoms with Crippen LogP contribution in [0.3, 0.4) is 0 Å². The van der Waals surface area contributed by atoms with E-state index < -0.39 is 5.41 Å². The number of aromatic nitrogens is 2. The van der Waals surface area contributed by atoms with E-state index in [1.807, 2.05) is 66.4 Å². The minimum atomic E-state index is -1.21. The van der Waals surface area contributed by atoms with Gasteiger partial charge in [0.25, 0.3) is 0 Å². The van der Waals surface area contributed by atoms with Crippen molar-refractivity contribution < 1.29 is 14.4 Å². The van der Waals surface area contributed by atoms with E-state index in [9.17, 15) is 14.4 Å². The summed E-state index contributed by atoms with van der Waals surface area (Å²) in [5.41, 5.74) is 1.34. The van der Waals surface area contributed by atoms with Crippen molar-refractivity contribution in [2.75, 3.05) is 31.1 Å². The summed E-state index contributed by atoms with van der Waals surface area (Å²) in [6, 6.07) is 18.9. The molecule has 3 heterocycles. The molecule has 2 aromatic carbocycles. The molecule has 0 bridgehead atoms. The quantitative estimate of drug-likeness (QED) is 0.487. The lowest BCUT2D eigenvalue weighted by atomic mass is 9.74. The fourth-order valence-corrected chi connectivity index (χ4v) is 5.47. The van der Waals surface area contributed by atoms with Crippen LogP contribution in [0.1, 0.15) is 36.0 Å². The first-order valence-corrected chi connectivity index (χ1v) is 12.7. The highest BCUT2D eigenvalue weighted by Gasteiger charge is 2.54. The number of aryl methyl sites for hydroxylation is 1. The second kappa shape index (κ2) is 10.5. The Bertz CT molecular complexity index is 1280. The van der Waals surface area contributed by atoms with Crippen molar-refractivity contribution in [1.82, 2.24) is 19.8 Å². The van der Waals surface area contributed by atoms with E-state index in [1.54, 1.807) is 18.5 Å². The summed E-state index contributed by atoms with van der Waals surface area (Å²) in [6.45, 7) is 4.59. The number of hydrogen-bond acceptors (Lipinski definition) is 6. The van der Waals surface area contributed by atoms with E-state index in [2.05, 4.69) is 14.9 Å². The van der Waals surface area contributed by atoms with Crippen molar-refractivity contribution in [3.05, 3.63) is 89.7 Å². The van der Waals surface area contributed by atoms with Crippen LogP contribution in [-0.4, -0.2) is 63.7 Å². The highest BCUT2D eigenvalue weighted by molar-refractivity contribution is 6.10. The van der Waals surface area contributed by atoms with E-state index in [0.717, 1.165) is 29.7 Å². The summed E-state index contributed by atoms with van der Waals surface area (Å²) in [5.74, 6) is 0.00871. The summed E-state index contributed by atoms with van der Waals surface area (Å²) in [7, 11) is 0. The van der Waals surface area contributed by atoms with Gasteiger partial charge in [-0.15, -0.1) is 0 Å². The molecular weight excluding hydrogens is 466 g/mol. The van der Waals surface area contributed by atoms with Gasteiger partial charge in [-0.05, 0) is 36.1 Å². The number of hydrogen-bond donors (Lipinski definition) is 0. The smallest absolute Gasteiger partial charge is 0.241 e. The van der Waals surface area contributed by atoms with E-state index in [0.29, 0.717) is 25.6 Å². The number of carbonyl (C=O) groups is 3. The molecule has 37 heavy (non-hydrogen) atoms. The number of anilines is 1. The first-order chi connectivity index (χ1) is 18.0. The van der Waals surface area contributed by atoms with Crippen molar-refractivity contribution >= 4 is 23.7 Å². The molecule has 2 fully saturated rings. The maximum absolute atomic E-state index is 14.0. The molecule has 3 amide bonds. The molecule has 0 unspecified atom stereocenters. The first kappa shape index (κ1) is 24.6. The van der Waals surface area contributed by atoms with Crippen molar-refractivity contribution in [1.29, 1.82) is 0 Å². The van der Waals surface area contributed by atoms with E-state index in [-0.39, 0.29) is 37.1 Å². The van der Waals surface area contributed by atoms with E-state index in [1.165, 1.54) is 4.90 Å². The summed E-state index contributed by atoms with van der Waals surface area (Å²) < 4.78 is 0. The van der Waals surface area contributed by atoms with Gasteiger partial charge >= 0.3 is 0 Å². The standard InChI is InChI=1S/C29H31N5O3/c1-22-9-5-6-12-24(22)29(20-26(36)34(27(29)37)21-23-10-3-2-4-11-23)19-25(35)32-15-8-16-33(18-17-32)28-30-13-7-14-31-28/h2-7,9-14H,8,15-21H2,1H3/t29-/m1/s1. The number of amides is 3. The van der Waals surface area contributed by atoms with Crippen molar-refractivity contribution in [2.24, 2.45) is 0 Å². The van der Waals surface area contributed by atoms with Crippen molar-refractivity contribution in [3.63, 3.8) is 0 Å². The van der Waals surface area contributed by atoms with Crippen LogP contribution in [0.5, 0.6) is 0 Å². The molecule has 1 atom stereocenters. The number of imide groups is 1. The van der Waals surface area contributed by atoms with Crippen LogP contribution in [0.15, 0.2) is 73.1 Å². The Hall–Kier alpha value is -4.07. The van der Waals surface area contributed by atoms with Crippen molar-refractivity contribution in [3.8, 4) is 0 Å². The van der Waals surface area contributed by atoms with Gasteiger partial charge in [-0.2, -0.15) is 0 Å². The summed E-state index contributed by atoms with van der Waals surface area (Å²) in [5, 5.41) is 0. The van der Waals surface area contributed by atoms with Crippen LogP contribution in [-0.2, 0) is 26.3 Å². The average Bonchev–Trinajstić information content (AvgIpc) is 3.08. The molecule has 8 heteroatoms. The Balaban J connectivity index is 1.40. The molecule has 0 N–H and O–H groups in total. The van der Waals surface area contributed by atoms with Gasteiger partial charge in [0.1, 0.15) is 0 Å². The van der Waals surface area contributed by atoms with Gasteiger partial charge in [-0.3, -0.25) is 19.3 Å². The fourth-order valence-electron chi connectivity index (χ4n) is 5.47. The number of nitrogens with zero attached hydrogens (tertiary/aromatic N) is 5. The lowest BCUT2D eigenvalue weighted by molar-refractivity contribution is -0.143. The Morgan fingerprint density at radius 3 is 2.38 bits per heavy atom. The largest absolute Gasteiger partial charge is 0.341 e. The third-order valence-electron chi connectivity index (χ3n) is 7.39. The molecule has 2 aliphatic rings. The second-order valence-corrected chi connectivity index (χ2v) is 9.79. The van der Waals surface area contributed by atoms with Gasteiger partial charge in [-0.1, -0.05) is 54.6 Å². The van der Waals surface area contributed by atoms with Crippen LogP contribution in [0.4, 0.5) is 5.95 Å². The topological polar surface area (TPSA) is 86.7 Å². The molecule has 5 rings (SSSR count). The van der Waals surface area contributed by atoms with Gasteiger partial charge in [0.15, 0.2) is 0 Å². The molecule has 0 spiro atoms. The van der Waals surface area contributed by atoms with Gasteiger partial charge < -0.3 is 9.80 Å². The van der Waals surface area contributed by atoms with Gasteiger partial charge in [0.2, 0.25) is 23.7 Å². The second-order valence-electron chi connectivity index (χ2n) is 9.79. The van der Waals surface area contributed by atoms with Gasteiger partial charge in [-0.25, -0.2) is 9.97 Å². The van der Waals surface area contributed by atoms with Crippen LogP contribution < -0.4 is 4.90 Å². The van der Waals surface area contributed by atoms with Crippen molar-refractivity contribution in [2.45, 2.75) is 38.1 Å². The molecule has 0 aliphatic carbocycles. The van der Waals surface area contributed by atoms with Crippen LogP contribution in [0, 0.1) is 6.92 Å². The molecule has 1 aromatic heterocycles. The Morgan fingerprint density at radius 2 is 1.62 bits per heavy atom. The monoisotopic (exact) mass is 497 g/mol.